The van der Waals surface area contributed by atoms with Crippen molar-refractivity contribution in [2.45, 2.75) is 31.5 Å². The van der Waals surface area contributed by atoms with Gasteiger partial charge in [0.15, 0.2) is 6.61 Å². The third-order valence-corrected chi connectivity index (χ3v) is 3.70. The Morgan fingerprint density at radius 1 is 1.19 bits per heavy atom. The second-order valence-corrected chi connectivity index (χ2v) is 5.68. The van der Waals surface area contributed by atoms with Gasteiger partial charge in [-0.15, -0.1) is 0 Å². The van der Waals surface area contributed by atoms with Crippen LogP contribution in [0.3, 0.4) is 0 Å². The van der Waals surface area contributed by atoms with Crippen molar-refractivity contribution in [3.63, 3.8) is 0 Å². The second kappa shape index (κ2) is 9.54. The highest BCUT2D eigenvalue weighted by Gasteiger charge is 2.33. The molecule has 144 valence electrons. The molecule has 1 fully saturated rings. The fourth-order valence-corrected chi connectivity index (χ4v) is 2.40. The van der Waals surface area contributed by atoms with Crippen molar-refractivity contribution in [3.05, 3.63) is 29.8 Å². The lowest BCUT2D eigenvalue weighted by atomic mass is 10.1. The average molecular weight is 375 g/mol. The molecule has 1 aliphatic rings. The Morgan fingerprint density at radius 2 is 1.88 bits per heavy atom. The lowest BCUT2D eigenvalue weighted by Crippen LogP contribution is -2.25. The lowest BCUT2D eigenvalue weighted by Gasteiger charge is -2.22. The zero-order valence-electron chi connectivity index (χ0n) is 14.0. The van der Waals surface area contributed by atoms with E-state index in [9.17, 15) is 22.8 Å². The molecule has 6 nitrogen and oxygen atoms in total. The van der Waals surface area contributed by atoms with Gasteiger partial charge in [-0.05, 0) is 25.0 Å². The van der Waals surface area contributed by atoms with Gasteiger partial charge in [0, 0.05) is 13.2 Å². The second-order valence-electron chi connectivity index (χ2n) is 5.68. The number of benzene rings is 1. The first kappa shape index (κ1) is 20.2. The van der Waals surface area contributed by atoms with E-state index in [-0.39, 0.29) is 24.8 Å². The van der Waals surface area contributed by atoms with Gasteiger partial charge >= 0.3 is 12.1 Å². The molecule has 0 radical (unpaired) electrons. The van der Waals surface area contributed by atoms with E-state index in [1.54, 1.807) is 0 Å². The molecule has 0 saturated carbocycles. The van der Waals surface area contributed by atoms with Crippen LogP contribution in [0.25, 0.3) is 0 Å². The standard InChI is InChI=1S/C17H20F3NO5/c18-17(19,20)13-3-1-2-4-14(13)21-15(22)11-26-16(23)7-10-25-12-5-8-24-9-6-12/h1-4,12H,5-11H2,(H,21,22). The summed E-state index contributed by atoms with van der Waals surface area (Å²) >= 11 is 0. The molecule has 0 atom stereocenters. The minimum Gasteiger partial charge on any atom is -0.455 e. The maximum absolute atomic E-state index is 12.8. The number of anilines is 1. The highest BCUT2D eigenvalue weighted by atomic mass is 19.4. The van der Waals surface area contributed by atoms with E-state index in [0.717, 1.165) is 25.0 Å². The molecule has 0 bridgehead atoms. The van der Waals surface area contributed by atoms with Crippen molar-refractivity contribution < 1.29 is 37.0 Å². The molecule has 0 aliphatic carbocycles. The van der Waals surface area contributed by atoms with Crippen LogP contribution < -0.4 is 5.32 Å². The Balaban J connectivity index is 1.70. The van der Waals surface area contributed by atoms with E-state index in [0.29, 0.717) is 13.2 Å². The van der Waals surface area contributed by atoms with E-state index < -0.39 is 30.2 Å². The topological polar surface area (TPSA) is 73.9 Å². The molecule has 2 rings (SSSR count). The monoisotopic (exact) mass is 375 g/mol. The number of carbonyl (C=O) groups is 2. The van der Waals surface area contributed by atoms with E-state index in [1.807, 2.05) is 0 Å². The van der Waals surface area contributed by atoms with Gasteiger partial charge in [0.2, 0.25) is 0 Å². The van der Waals surface area contributed by atoms with E-state index in [1.165, 1.54) is 12.1 Å². The molecule has 1 heterocycles. The SMILES string of the molecule is O=C(COC(=O)CCOC1CCOCC1)Nc1ccccc1C(F)(F)F. The largest absolute Gasteiger partial charge is 0.455 e. The van der Waals surface area contributed by atoms with Crippen LogP contribution in [0.4, 0.5) is 18.9 Å². The summed E-state index contributed by atoms with van der Waals surface area (Å²) in [5, 5.41) is 2.10. The first-order valence-corrected chi connectivity index (χ1v) is 8.17. The Labute approximate surface area is 148 Å². The van der Waals surface area contributed by atoms with E-state index >= 15 is 0 Å². The van der Waals surface area contributed by atoms with Gasteiger partial charge in [-0.25, -0.2) is 0 Å². The molecule has 1 aromatic rings. The highest BCUT2D eigenvalue weighted by Crippen LogP contribution is 2.34. The molecule has 0 spiro atoms. The van der Waals surface area contributed by atoms with Crippen LogP contribution >= 0.6 is 0 Å². The summed E-state index contributed by atoms with van der Waals surface area (Å²) in [7, 11) is 0. The predicted octanol–water partition coefficient (Wildman–Crippen LogP) is 2.77. The van der Waals surface area contributed by atoms with E-state index in [4.69, 9.17) is 14.2 Å². The Bertz CT molecular complexity index is 615. The molecule has 0 unspecified atom stereocenters. The number of halogens is 3. The molecular weight excluding hydrogens is 355 g/mol. The zero-order chi connectivity index (χ0) is 19.0. The summed E-state index contributed by atoms with van der Waals surface area (Å²) in [4.78, 5) is 23.3. The molecule has 0 aromatic heterocycles. The smallest absolute Gasteiger partial charge is 0.418 e. The Kier molecular flexibility index (Phi) is 7.40. The quantitative estimate of drug-likeness (QED) is 0.742. The van der Waals surface area contributed by atoms with Crippen LogP contribution in [0.2, 0.25) is 0 Å². The molecule has 9 heteroatoms. The first-order chi connectivity index (χ1) is 12.4. The van der Waals surface area contributed by atoms with Crippen LogP contribution in [0.1, 0.15) is 24.8 Å². The molecule has 1 N–H and O–H groups in total. The summed E-state index contributed by atoms with van der Waals surface area (Å²) in [6.45, 7) is 0.730. The van der Waals surface area contributed by atoms with Gasteiger partial charge in [0.25, 0.3) is 5.91 Å². The number of hydrogen-bond acceptors (Lipinski definition) is 5. The van der Waals surface area contributed by atoms with Crippen molar-refractivity contribution in [1.82, 2.24) is 0 Å². The molecule has 1 aliphatic heterocycles. The van der Waals surface area contributed by atoms with Crippen molar-refractivity contribution in [2.24, 2.45) is 0 Å². The van der Waals surface area contributed by atoms with Gasteiger partial charge < -0.3 is 19.5 Å². The highest BCUT2D eigenvalue weighted by molar-refractivity contribution is 5.93. The van der Waals surface area contributed by atoms with Crippen molar-refractivity contribution in [1.29, 1.82) is 0 Å². The molecule has 1 saturated heterocycles. The van der Waals surface area contributed by atoms with Gasteiger partial charge in [-0.1, -0.05) is 12.1 Å². The third kappa shape index (κ3) is 6.64. The Hall–Kier alpha value is -2.13. The maximum Gasteiger partial charge on any atom is 0.418 e. The summed E-state index contributed by atoms with van der Waals surface area (Å²) in [6, 6.07) is 4.57. The molecule has 1 amide bonds. The fraction of sp³-hybridized carbons (Fsp3) is 0.529. The number of alkyl halides is 3. The van der Waals surface area contributed by atoms with Crippen molar-refractivity contribution in [2.75, 3.05) is 31.7 Å². The molecule has 1 aromatic carbocycles. The lowest BCUT2D eigenvalue weighted by molar-refractivity contribution is -0.149. The first-order valence-electron chi connectivity index (χ1n) is 8.17. The number of rotatable bonds is 7. The predicted molar refractivity (Wildman–Crippen MR) is 85.4 cm³/mol. The average Bonchev–Trinajstić information content (AvgIpc) is 2.60. The summed E-state index contributed by atoms with van der Waals surface area (Å²) < 4.78 is 54.0. The van der Waals surface area contributed by atoms with Crippen LogP contribution in [-0.4, -0.2) is 44.4 Å². The van der Waals surface area contributed by atoms with Crippen LogP contribution in [0.15, 0.2) is 24.3 Å². The number of ether oxygens (including phenoxy) is 3. The molecule has 26 heavy (non-hydrogen) atoms. The number of carbonyl (C=O) groups excluding carboxylic acids is 2. The number of para-hydroxylation sites is 1. The number of nitrogens with one attached hydrogen (secondary N) is 1. The Morgan fingerprint density at radius 3 is 2.58 bits per heavy atom. The van der Waals surface area contributed by atoms with Crippen LogP contribution in [0.5, 0.6) is 0 Å². The van der Waals surface area contributed by atoms with Gasteiger partial charge in [-0.2, -0.15) is 13.2 Å². The van der Waals surface area contributed by atoms with Crippen LogP contribution in [0, 0.1) is 0 Å². The molecular formula is C17H20F3NO5. The van der Waals surface area contributed by atoms with Gasteiger partial charge in [0.05, 0.1) is 30.4 Å². The maximum atomic E-state index is 12.8. The normalized spacial score (nSPS) is 15.5. The van der Waals surface area contributed by atoms with Crippen LogP contribution in [-0.2, 0) is 30.0 Å². The fourth-order valence-electron chi connectivity index (χ4n) is 2.40. The minimum absolute atomic E-state index is 0.0379. The summed E-state index contributed by atoms with van der Waals surface area (Å²) in [5.74, 6) is -1.50. The van der Waals surface area contributed by atoms with E-state index in [2.05, 4.69) is 5.32 Å². The van der Waals surface area contributed by atoms with Gasteiger partial charge in [0.1, 0.15) is 0 Å². The third-order valence-electron chi connectivity index (χ3n) is 3.70. The minimum atomic E-state index is -4.60. The summed E-state index contributed by atoms with van der Waals surface area (Å²) in [6.07, 6.45) is -3.07. The van der Waals surface area contributed by atoms with Crippen molar-refractivity contribution in [3.8, 4) is 0 Å². The number of hydrogen-bond donors (Lipinski definition) is 1. The van der Waals surface area contributed by atoms with Gasteiger partial charge in [-0.3, -0.25) is 9.59 Å². The number of amides is 1. The van der Waals surface area contributed by atoms with Crippen molar-refractivity contribution >= 4 is 17.6 Å². The summed E-state index contributed by atoms with van der Waals surface area (Å²) in [5.41, 5.74) is -1.35. The zero-order valence-corrected chi connectivity index (χ0v) is 14.0. The number of esters is 1.